The van der Waals surface area contributed by atoms with Crippen LogP contribution in [0.3, 0.4) is 0 Å². The number of carbonyl (C=O) groups excluding carboxylic acids is 3. The molecule has 1 N–H and O–H groups in total. The number of nitrogens with zero attached hydrogens (tertiary/aromatic N) is 1. The molecule has 1 fully saturated rings. The molecular weight excluding hydrogens is 300 g/mol. The number of likely N-dealkylation sites (tertiary alicyclic amines) is 1. The SMILES string of the molecule is CCOC(=O)CN1C(=O)[C@@H](NC(=O)OC(C)(C)C)CCC[C@@H]1C. The molecule has 0 aromatic heterocycles. The fourth-order valence-corrected chi connectivity index (χ4v) is 2.48. The Labute approximate surface area is 137 Å². The fraction of sp³-hybridized carbons (Fsp3) is 0.812. The van der Waals surface area contributed by atoms with Crippen molar-refractivity contribution in [3.05, 3.63) is 0 Å². The lowest BCUT2D eigenvalue weighted by atomic mass is 10.1. The molecular formula is C16H28N2O5. The summed E-state index contributed by atoms with van der Waals surface area (Å²) in [5.41, 5.74) is -0.629. The summed E-state index contributed by atoms with van der Waals surface area (Å²) in [5.74, 6) is -0.709. The second kappa shape index (κ2) is 8.17. The largest absolute Gasteiger partial charge is 0.465 e. The number of nitrogens with one attached hydrogen (secondary N) is 1. The number of hydrogen-bond donors (Lipinski definition) is 1. The highest BCUT2D eigenvalue weighted by atomic mass is 16.6. The topological polar surface area (TPSA) is 84.9 Å². The molecule has 1 rings (SSSR count). The minimum absolute atomic E-state index is 0.0719. The third-order valence-corrected chi connectivity index (χ3v) is 3.52. The van der Waals surface area contributed by atoms with E-state index in [0.717, 1.165) is 12.8 Å². The van der Waals surface area contributed by atoms with Gasteiger partial charge in [-0.1, -0.05) is 0 Å². The van der Waals surface area contributed by atoms with Crippen LogP contribution in [0.2, 0.25) is 0 Å². The van der Waals surface area contributed by atoms with Gasteiger partial charge in [0.25, 0.3) is 0 Å². The van der Waals surface area contributed by atoms with Crippen LogP contribution in [0.25, 0.3) is 0 Å². The molecule has 1 saturated heterocycles. The van der Waals surface area contributed by atoms with Gasteiger partial charge in [0.2, 0.25) is 5.91 Å². The van der Waals surface area contributed by atoms with Crippen molar-refractivity contribution in [3.63, 3.8) is 0 Å². The Morgan fingerprint density at radius 3 is 2.52 bits per heavy atom. The van der Waals surface area contributed by atoms with Crippen molar-refractivity contribution in [3.8, 4) is 0 Å². The summed E-state index contributed by atoms with van der Waals surface area (Å²) in [5, 5.41) is 2.62. The van der Waals surface area contributed by atoms with E-state index >= 15 is 0 Å². The second-order valence-corrected chi connectivity index (χ2v) is 6.75. The van der Waals surface area contributed by atoms with Crippen molar-refractivity contribution in [2.24, 2.45) is 0 Å². The Kier molecular flexibility index (Phi) is 6.84. The van der Waals surface area contributed by atoms with Crippen molar-refractivity contribution in [1.29, 1.82) is 0 Å². The average Bonchev–Trinajstić information content (AvgIpc) is 2.51. The molecule has 0 aromatic carbocycles. The number of alkyl carbamates (subject to hydrolysis) is 1. The van der Waals surface area contributed by atoms with E-state index in [4.69, 9.17) is 9.47 Å². The second-order valence-electron chi connectivity index (χ2n) is 6.75. The van der Waals surface area contributed by atoms with Gasteiger partial charge in [-0.25, -0.2) is 4.79 Å². The first-order valence-electron chi connectivity index (χ1n) is 8.09. The predicted molar refractivity (Wildman–Crippen MR) is 84.8 cm³/mol. The molecule has 0 aromatic rings. The van der Waals surface area contributed by atoms with Crippen LogP contribution in [0.15, 0.2) is 0 Å². The molecule has 0 aliphatic carbocycles. The van der Waals surface area contributed by atoms with Crippen LogP contribution < -0.4 is 5.32 Å². The first-order chi connectivity index (χ1) is 10.6. The van der Waals surface area contributed by atoms with E-state index < -0.39 is 23.7 Å². The van der Waals surface area contributed by atoms with Crippen molar-refractivity contribution < 1.29 is 23.9 Å². The lowest BCUT2D eigenvalue weighted by molar-refractivity contribution is -0.150. The van der Waals surface area contributed by atoms with E-state index in [1.165, 1.54) is 4.90 Å². The molecule has 1 aliphatic rings. The first kappa shape index (κ1) is 19.3. The standard InChI is InChI=1S/C16H28N2O5/c1-6-22-13(19)10-18-11(2)8-7-9-12(14(18)20)17-15(21)23-16(3,4)5/h11-12H,6-10H2,1-5H3,(H,17,21)/t11-,12-/m0/s1. The molecule has 0 bridgehead atoms. The van der Waals surface area contributed by atoms with Crippen molar-refractivity contribution in [1.82, 2.24) is 10.2 Å². The van der Waals surface area contributed by atoms with Crippen LogP contribution in [-0.4, -0.2) is 53.7 Å². The maximum Gasteiger partial charge on any atom is 0.408 e. The number of rotatable bonds is 4. The van der Waals surface area contributed by atoms with E-state index in [-0.39, 0.29) is 25.1 Å². The average molecular weight is 328 g/mol. The number of amides is 2. The molecule has 23 heavy (non-hydrogen) atoms. The maximum atomic E-state index is 12.6. The zero-order valence-corrected chi connectivity index (χ0v) is 14.7. The number of ether oxygens (including phenoxy) is 2. The third-order valence-electron chi connectivity index (χ3n) is 3.52. The number of esters is 1. The van der Waals surface area contributed by atoms with E-state index in [1.54, 1.807) is 27.7 Å². The lowest BCUT2D eigenvalue weighted by Gasteiger charge is -2.29. The van der Waals surface area contributed by atoms with Gasteiger partial charge in [0.15, 0.2) is 0 Å². The summed E-state index contributed by atoms with van der Waals surface area (Å²) in [6, 6.07) is -0.749. The summed E-state index contributed by atoms with van der Waals surface area (Å²) in [6.07, 6.45) is 1.47. The summed E-state index contributed by atoms with van der Waals surface area (Å²) in [7, 11) is 0. The highest BCUT2D eigenvalue weighted by Crippen LogP contribution is 2.19. The minimum Gasteiger partial charge on any atom is -0.465 e. The van der Waals surface area contributed by atoms with Gasteiger partial charge in [-0.05, 0) is 53.9 Å². The zero-order chi connectivity index (χ0) is 17.6. The Morgan fingerprint density at radius 1 is 1.30 bits per heavy atom. The van der Waals surface area contributed by atoms with Gasteiger partial charge in [0.1, 0.15) is 18.2 Å². The van der Waals surface area contributed by atoms with Gasteiger partial charge >= 0.3 is 12.1 Å². The van der Waals surface area contributed by atoms with Crippen LogP contribution in [0.1, 0.15) is 53.9 Å². The summed E-state index contributed by atoms with van der Waals surface area (Å²) in [6.45, 7) is 9.07. The van der Waals surface area contributed by atoms with Crippen LogP contribution >= 0.6 is 0 Å². The van der Waals surface area contributed by atoms with Gasteiger partial charge in [0.05, 0.1) is 6.61 Å². The molecule has 1 aliphatic heterocycles. The summed E-state index contributed by atoms with van der Waals surface area (Å²) in [4.78, 5) is 37.7. The molecule has 2 atom stereocenters. The summed E-state index contributed by atoms with van der Waals surface area (Å²) >= 11 is 0. The Bertz CT molecular complexity index is 444. The molecule has 0 radical (unpaired) electrons. The first-order valence-corrected chi connectivity index (χ1v) is 8.09. The van der Waals surface area contributed by atoms with Crippen molar-refractivity contribution >= 4 is 18.0 Å². The molecule has 132 valence electrons. The Morgan fingerprint density at radius 2 is 1.96 bits per heavy atom. The van der Waals surface area contributed by atoms with E-state index in [2.05, 4.69) is 5.32 Å². The van der Waals surface area contributed by atoms with E-state index in [0.29, 0.717) is 6.42 Å². The highest BCUT2D eigenvalue weighted by molar-refractivity contribution is 5.88. The third kappa shape index (κ3) is 6.46. The van der Waals surface area contributed by atoms with Gasteiger partial charge in [0, 0.05) is 6.04 Å². The quantitative estimate of drug-likeness (QED) is 0.796. The van der Waals surface area contributed by atoms with Crippen molar-refractivity contribution in [2.45, 2.75) is 71.6 Å². The normalized spacial score (nSPS) is 22.3. The monoisotopic (exact) mass is 328 g/mol. The zero-order valence-electron chi connectivity index (χ0n) is 14.7. The molecule has 1 heterocycles. The summed E-state index contributed by atoms with van der Waals surface area (Å²) < 4.78 is 10.1. The van der Waals surface area contributed by atoms with Gasteiger partial charge in [-0.3, -0.25) is 9.59 Å². The Balaban J connectivity index is 2.75. The van der Waals surface area contributed by atoms with Crippen LogP contribution in [0, 0.1) is 0 Å². The molecule has 0 saturated carbocycles. The molecule has 2 amide bonds. The van der Waals surface area contributed by atoms with E-state index in [1.807, 2.05) is 6.92 Å². The van der Waals surface area contributed by atoms with Crippen LogP contribution in [-0.2, 0) is 19.1 Å². The maximum absolute atomic E-state index is 12.6. The smallest absolute Gasteiger partial charge is 0.408 e. The predicted octanol–water partition coefficient (Wildman–Crippen LogP) is 1.84. The molecule has 7 nitrogen and oxygen atoms in total. The minimum atomic E-state index is -0.677. The number of hydrogen-bond acceptors (Lipinski definition) is 5. The molecule has 0 spiro atoms. The van der Waals surface area contributed by atoms with Gasteiger partial charge in [-0.2, -0.15) is 0 Å². The van der Waals surface area contributed by atoms with Crippen molar-refractivity contribution in [2.75, 3.05) is 13.2 Å². The van der Waals surface area contributed by atoms with Gasteiger partial charge < -0.3 is 19.7 Å². The molecule has 7 heteroatoms. The van der Waals surface area contributed by atoms with Crippen LogP contribution in [0.5, 0.6) is 0 Å². The Hall–Kier alpha value is -1.79. The molecule has 0 unspecified atom stereocenters. The number of carbonyl (C=O) groups is 3. The highest BCUT2D eigenvalue weighted by Gasteiger charge is 2.34. The van der Waals surface area contributed by atoms with Gasteiger partial charge in [-0.15, -0.1) is 0 Å². The lowest BCUT2D eigenvalue weighted by Crippen LogP contribution is -2.51. The van der Waals surface area contributed by atoms with Crippen LogP contribution in [0.4, 0.5) is 4.79 Å². The fourth-order valence-electron chi connectivity index (χ4n) is 2.48. The van der Waals surface area contributed by atoms with E-state index in [9.17, 15) is 14.4 Å².